The predicted molar refractivity (Wildman–Crippen MR) is 99.8 cm³/mol. The van der Waals surface area contributed by atoms with Crippen LogP contribution in [0, 0.1) is 4.77 Å². The van der Waals surface area contributed by atoms with Crippen molar-refractivity contribution in [1.82, 2.24) is 14.9 Å². The van der Waals surface area contributed by atoms with Gasteiger partial charge in [0.2, 0.25) is 4.77 Å². The quantitative estimate of drug-likeness (QED) is 0.312. The molecule has 26 heavy (non-hydrogen) atoms. The minimum atomic E-state index is -0.569. The van der Waals surface area contributed by atoms with Gasteiger partial charge in [-0.25, -0.2) is 4.79 Å². The number of nitrogens with one attached hydrogen (secondary N) is 1. The van der Waals surface area contributed by atoms with E-state index in [4.69, 9.17) is 33.3 Å². The van der Waals surface area contributed by atoms with E-state index in [2.05, 4.69) is 15.3 Å². The van der Waals surface area contributed by atoms with Crippen molar-refractivity contribution in [3.8, 4) is 11.5 Å². The van der Waals surface area contributed by atoms with Crippen LogP contribution in [0.1, 0.15) is 15.9 Å². The molecule has 1 heterocycles. The Hall–Kier alpha value is -2.97. The van der Waals surface area contributed by atoms with Crippen LogP contribution in [0.25, 0.3) is 0 Å². The van der Waals surface area contributed by atoms with Crippen LogP contribution in [-0.2, 0) is 0 Å². The summed E-state index contributed by atoms with van der Waals surface area (Å²) in [5.41, 5.74) is 0.999. The maximum absolute atomic E-state index is 12.3. The number of nitrogens with zero attached hydrogens (tertiary/aromatic N) is 3. The van der Waals surface area contributed by atoms with Gasteiger partial charge in [0.15, 0.2) is 11.5 Å². The molecule has 0 atom stereocenters. The number of aromatic amines is 1. The van der Waals surface area contributed by atoms with Crippen LogP contribution < -0.4 is 9.47 Å². The SMILES string of the molecule is COc1cc(/C=N\n2cn[nH]c2=S)ccc1OC(=O)c1ccccc1Cl. The summed E-state index contributed by atoms with van der Waals surface area (Å²) >= 11 is 11.0. The molecule has 2 aromatic carbocycles. The highest BCUT2D eigenvalue weighted by molar-refractivity contribution is 7.71. The number of esters is 1. The van der Waals surface area contributed by atoms with Crippen LogP contribution >= 0.6 is 23.8 Å². The molecule has 1 aromatic heterocycles. The monoisotopic (exact) mass is 388 g/mol. The van der Waals surface area contributed by atoms with Gasteiger partial charge in [0.25, 0.3) is 0 Å². The molecular weight excluding hydrogens is 376 g/mol. The van der Waals surface area contributed by atoms with E-state index in [1.165, 1.54) is 18.1 Å². The summed E-state index contributed by atoms with van der Waals surface area (Å²) < 4.78 is 12.5. The summed E-state index contributed by atoms with van der Waals surface area (Å²) in [6.07, 6.45) is 3.03. The Balaban J connectivity index is 1.82. The molecule has 1 N–H and O–H groups in total. The Morgan fingerprint density at radius 2 is 2.12 bits per heavy atom. The lowest BCUT2D eigenvalue weighted by molar-refractivity contribution is 0.0730. The van der Waals surface area contributed by atoms with E-state index in [0.717, 1.165) is 5.56 Å². The number of aromatic nitrogens is 3. The number of hydrogen-bond donors (Lipinski definition) is 1. The van der Waals surface area contributed by atoms with Crippen molar-refractivity contribution < 1.29 is 14.3 Å². The highest BCUT2D eigenvalue weighted by Crippen LogP contribution is 2.29. The van der Waals surface area contributed by atoms with Gasteiger partial charge in [-0.2, -0.15) is 14.9 Å². The Labute approximate surface area is 158 Å². The molecule has 7 nitrogen and oxygen atoms in total. The minimum Gasteiger partial charge on any atom is -0.493 e. The van der Waals surface area contributed by atoms with Crippen molar-refractivity contribution in [2.24, 2.45) is 5.10 Å². The summed E-state index contributed by atoms with van der Waals surface area (Å²) in [5.74, 6) is 0.0830. The second-order valence-corrected chi connectivity index (χ2v) is 5.82. The zero-order valence-electron chi connectivity index (χ0n) is 13.5. The fourth-order valence-electron chi connectivity index (χ4n) is 2.08. The van der Waals surface area contributed by atoms with Crippen molar-refractivity contribution in [2.75, 3.05) is 7.11 Å². The fraction of sp³-hybridized carbons (Fsp3) is 0.0588. The first-order valence-electron chi connectivity index (χ1n) is 7.39. The molecule has 0 amide bonds. The zero-order chi connectivity index (χ0) is 18.5. The molecule has 0 radical (unpaired) electrons. The maximum Gasteiger partial charge on any atom is 0.345 e. The smallest absolute Gasteiger partial charge is 0.345 e. The third kappa shape index (κ3) is 3.98. The molecule has 3 rings (SSSR count). The summed E-state index contributed by atoms with van der Waals surface area (Å²) in [6.45, 7) is 0. The molecule has 0 spiro atoms. The Morgan fingerprint density at radius 3 is 2.81 bits per heavy atom. The number of benzene rings is 2. The third-order valence-electron chi connectivity index (χ3n) is 3.35. The standard InChI is InChI=1S/C17H13ClN4O3S/c1-24-15-8-11(9-20-22-10-19-21-17(22)26)6-7-14(15)25-16(23)12-4-2-3-5-13(12)18/h2-10H,1H3,(H,21,26)/b20-9-. The number of halogens is 1. The van der Waals surface area contributed by atoms with Crippen molar-refractivity contribution in [3.05, 3.63) is 69.7 Å². The van der Waals surface area contributed by atoms with Gasteiger partial charge in [-0.3, -0.25) is 5.10 Å². The van der Waals surface area contributed by atoms with E-state index in [1.807, 2.05) is 0 Å². The van der Waals surface area contributed by atoms with Crippen molar-refractivity contribution in [3.63, 3.8) is 0 Å². The predicted octanol–water partition coefficient (Wildman–Crippen LogP) is 3.70. The molecule has 0 bridgehead atoms. The van der Waals surface area contributed by atoms with Crippen LogP contribution in [0.15, 0.2) is 53.9 Å². The highest BCUT2D eigenvalue weighted by Gasteiger charge is 2.15. The molecule has 0 fully saturated rings. The number of rotatable bonds is 5. The first kappa shape index (κ1) is 17.8. The molecular formula is C17H13ClN4O3S. The molecule has 0 aliphatic rings. The van der Waals surface area contributed by atoms with Gasteiger partial charge in [0, 0.05) is 0 Å². The number of carbonyl (C=O) groups is 1. The van der Waals surface area contributed by atoms with Crippen molar-refractivity contribution in [2.45, 2.75) is 0 Å². The average molecular weight is 389 g/mol. The number of carbonyl (C=O) groups excluding carboxylic acids is 1. The molecule has 132 valence electrons. The molecule has 0 saturated carbocycles. The topological polar surface area (TPSA) is 81.5 Å². The first-order chi connectivity index (χ1) is 12.6. The van der Waals surface area contributed by atoms with E-state index in [1.54, 1.807) is 48.7 Å². The lowest BCUT2D eigenvalue weighted by Gasteiger charge is -2.10. The molecule has 0 saturated heterocycles. The van der Waals surface area contributed by atoms with E-state index in [-0.39, 0.29) is 11.3 Å². The Bertz CT molecular complexity index is 1030. The van der Waals surface area contributed by atoms with E-state index in [0.29, 0.717) is 15.5 Å². The first-order valence-corrected chi connectivity index (χ1v) is 8.18. The molecule has 9 heteroatoms. The van der Waals surface area contributed by atoms with Gasteiger partial charge in [-0.05, 0) is 48.1 Å². The van der Waals surface area contributed by atoms with Crippen molar-refractivity contribution >= 4 is 36.0 Å². The highest BCUT2D eigenvalue weighted by atomic mass is 35.5. The number of H-pyrrole nitrogens is 1. The van der Waals surface area contributed by atoms with Gasteiger partial charge in [-0.1, -0.05) is 23.7 Å². The normalized spacial score (nSPS) is 10.8. The molecule has 0 unspecified atom stereocenters. The van der Waals surface area contributed by atoms with Gasteiger partial charge in [0.05, 0.1) is 23.9 Å². The number of methoxy groups -OCH3 is 1. The van der Waals surface area contributed by atoms with Crippen LogP contribution in [0.5, 0.6) is 11.5 Å². The average Bonchev–Trinajstić information content (AvgIpc) is 3.06. The van der Waals surface area contributed by atoms with Crippen molar-refractivity contribution in [1.29, 1.82) is 0 Å². The summed E-state index contributed by atoms with van der Waals surface area (Å²) in [7, 11) is 1.48. The van der Waals surface area contributed by atoms with Gasteiger partial charge >= 0.3 is 5.97 Å². The second-order valence-electron chi connectivity index (χ2n) is 5.03. The summed E-state index contributed by atoms with van der Waals surface area (Å²) in [4.78, 5) is 12.3. The third-order valence-corrected chi connectivity index (χ3v) is 3.96. The van der Waals surface area contributed by atoms with Crippen LogP contribution in [0.2, 0.25) is 5.02 Å². The van der Waals surface area contributed by atoms with E-state index >= 15 is 0 Å². The van der Waals surface area contributed by atoms with E-state index < -0.39 is 5.97 Å². The number of ether oxygens (including phenoxy) is 2. The Morgan fingerprint density at radius 1 is 1.31 bits per heavy atom. The molecule has 0 aliphatic carbocycles. The largest absolute Gasteiger partial charge is 0.493 e. The van der Waals surface area contributed by atoms with Gasteiger partial charge < -0.3 is 9.47 Å². The van der Waals surface area contributed by atoms with Crippen LogP contribution in [-0.4, -0.2) is 34.2 Å². The van der Waals surface area contributed by atoms with Crippen LogP contribution in [0.4, 0.5) is 0 Å². The van der Waals surface area contributed by atoms with Gasteiger partial charge in [0.1, 0.15) is 6.33 Å². The van der Waals surface area contributed by atoms with Gasteiger partial charge in [-0.15, -0.1) is 0 Å². The van der Waals surface area contributed by atoms with Crippen LogP contribution in [0.3, 0.4) is 0 Å². The summed E-state index contributed by atoms with van der Waals surface area (Å²) in [5, 5.41) is 10.9. The lowest BCUT2D eigenvalue weighted by Crippen LogP contribution is -2.10. The fourth-order valence-corrected chi connectivity index (χ4v) is 2.44. The second kappa shape index (κ2) is 7.94. The minimum absolute atomic E-state index is 0.273. The Kier molecular flexibility index (Phi) is 5.45. The lowest BCUT2D eigenvalue weighted by atomic mass is 10.2. The van der Waals surface area contributed by atoms with E-state index in [9.17, 15) is 4.79 Å². The zero-order valence-corrected chi connectivity index (χ0v) is 15.1. The number of hydrogen-bond acceptors (Lipinski definition) is 6. The molecule has 0 aliphatic heterocycles. The summed E-state index contributed by atoms with van der Waals surface area (Å²) in [6, 6.07) is 11.7. The molecule has 3 aromatic rings. The maximum atomic E-state index is 12.3.